The normalized spacial score (nSPS) is 35.7. The fraction of sp³-hybridized carbons (Fsp3) is 1.00. The summed E-state index contributed by atoms with van der Waals surface area (Å²) in [7, 11) is 0. The van der Waals surface area contributed by atoms with E-state index in [1.54, 1.807) is 0 Å². The average Bonchev–Trinajstić information content (AvgIpc) is 2.56. The Morgan fingerprint density at radius 1 is 0.810 bits per heavy atom. The Labute approximate surface area is 130 Å². The van der Waals surface area contributed by atoms with Gasteiger partial charge in [0.15, 0.2) is 0 Å². The highest BCUT2D eigenvalue weighted by atomic mass is 16.3. The molecule has 2 saturated carbocycles. The Balaban J connectivity index is 1.44. The zero-order valence-electron chi connectivity index (χ0n) is 13.8. The maximum Gasteiger partial charge on any atom is 0.0540 e. The number of piperazine rings is 1. The van der Waals surface area contributed by atoms with Gasteiger partial charge >= 0.3 is 0 Å². The fourth-order valence-electron chi connectivity index (χ4n) is 4.84. The van der Waals surface area contributed by atoms with Gasteiger partial charge in [0.25, 0.3) is 0 Å². The summed E-state index contributed by atoms with van der Waals surface area (Å²) in [6, 6.07) is 1.60. The molecular formula is C18H34N2O. The first-order chi connectivity index (χ1) is 10.2. The predicted molar refractivity (Wildman–Crippen MR) is 87.4 cm³/mol. The zero-order valence-corrected chi connectivity index (χ0v) is 13.8. The van der Waals surface area contributed by atoms with Gasteiger partial charge in [-0.1, -0.05) is 19.3 Å². The molecule has 1 saturated heterocycles. The largest absolute Gasteiger partial charge is 0.393 e. The summed E-state index contributed by atoms with van der Waals surface area (Å²) < 4.78 is 0. The molecule has 0 radical (unpaired) electrons. The molecule has 1 heterocycles. The van der Waals surface area contributed by atoms with E-state index in [9.17, 15) is 5.11 Å². The molecule has 0 aromatic rings. The van der Waals surface area contributed by atoms with Crippen LogP contribution >= 0.6 is 0 Å². The van der Waals surface area contributed by atoms with Crippen molar-refractivity contribution in [1.29, 1.82) is 0 Å². The first kappa shape index (κ1) is 15.8. The summed E-state index contributed by atoms with van der Waals surface area (Å²) in [5.74, 6) is 0.814. The lowest BCUT2D eigenvalue weighted by molar-refractivity contribution is 0.0253. The van der Waals surface area contributed by atoms with Crippen LogP contribution in [0.25, 0.3) is 0 Å². The van der Waals surface area contributed by atoms with Gasteiger partial charge in [-0.3, -0.25) is 9.80 Å². The van der Waals surface area contributed by atoms with E-state index >= 15 is 0 Å². The Morgan fingerprint density at radius 3 is 2.05 bits per heavy atom. The molecule has 2 aliphatic carbocycles. The molecule has 3 aliphatic rings. The highest BCUT2D eigenvalue weighted by Gasteiger charge is 2.31. The van der Waals surface area contributed by atoms with Crippen molar-refractivity contribution in [1.82, 2.24) is 9.80 Å². The monoisotopic (exact) mass is 294 g/mol. The summed E-state index contributed by atoms with van der Waals surface area (Å²) in [6.45, 7) is 7.51. The molecule has 1 atom stereocenters. The number of nitrogens with zero attached hydrogens (tertiary/aromatic N) is 2. The lowest BCUT2D eigenvalue weighted by Gasteiger charge is -2.45. The van der Waals surface area contributed by atoms with Crippen molar-refractivity contribution in [2.45, 2.75) is 82.9 Å². The lowest BCUT2D eigenvalue weighted by Crippen LogP contribution is -2.54. The molecule has 0 bridgehead atoms. The molecule has 0 amide bonds. The average molecular weight is 294 g/mol. The minimum absolute atomic E-state index is 0.0170. The van der Waals surface area contributed by atoms with Gasteiger partial charge in [-0.25, -0.2) is 0 Å². The van der Waals surface area contributed by atoms with Gasteiger partial charge in [-0.15, -0.1) is 0 Å². The summed E-state index contributed by atoms with van der Waals surface area (Å²) in [5.41, 5.74) is 0. The molecule has 3 rings (SSSR count). The van der Waals surface area contributed by atoms with E-state index < -0.39 is 0 Å². The van der Waals surface area contributed by atoms with E-state index in [4.69, 9.17) is 0 Å². The number of hydrogen-bond acceptors (Lipinski definition) is 3. The predicted octanol–water partition coefficient (Wildman–Crippen LogP) is 2.88. The second-order valence-corrected chi connectivity index (χ2v) is 7.67. The lowest BCUT2D eigenvalue weighted by atomic mass is 9.82. The smallest absolute Gasteiger partial charge is 0.0540 e. The van der Waals surface area contributed by atoms with Crippen LogP contribution in [0.2, 0.25) is 0 Å². The van der Waals surface area contributed by atoms with Gasteiger partial charge < -0.3 is 5.11 Å². The van der Waals surface area contributed by atoms with E-state index in [0.29, 0.717) is 6.04 Å². The third-order valence-electron chi connectivity index (χ3n) is 6.44. The van der Waals surface area contributed by atoms with Crippen LogP contribution in [-0.4, -0.2) is 59.3 Å². The minimum atomic E-state index is -0.0170. The summed E-state index contributed by atoms with van der Waals surface area (Å²) in [5, 5.41) is 9.68. The number of rotatable bonds is 3. The van der Waals surface area contributed by atoms with E-state index in [1.807, 2.05) is 0 Å². The van der Waals surface area contributed by atoms with Crippen molar-refractivity contribution in [2.75, 3.05) is 26.2 Å². The second kappa shape index (κ2) is 7.43. The van der Waals surface area contributed by atoms with Gasteiger partial charge in [0.1, 0.15) is 0 Å². The van der Waals surface area contributed by atoms with Gasteiger partial charge in [-0.05, 0) is 51.4 Å². The van der Waals surface area contributed by atoms with Gasteiger partial charge in [0, 0.05) is 38.3 Å². The minimum Gasteiger partial charge on any atom is -0.393 e. The number of hydrogen-bond donors (Lipinski definition) is 1. The molecule has 21 heavy (non-hydrogen) atoms. The summed E-state index contributed by atoms with van der Waals surface area (Å²) >= 11 is 0. The molecule has 0 spiro atoms. The topological polar surface area (TPSA) is 26.7 Å². The third-order valence-corrected chi connectivity index (χ3v) is 6.44. The van der Waals surface area contributed by atoms with Crippen LogP contribution in [-0.2, 0) is 0 Å². The van der Waals surface area contributed by atoms with Gasteiger partial charge in [0.2, 0.25) is 0 Å². The molecule has 1 N–H and O–H groups in total. The zero-order chi connectivity index (χ0) is 14.7. The van der Waals surface area contributed by atoms with E-state index in [-0.39, 0.29) is 6.10 Å². The summed E-state index contributed by atoms with van der Waals surface area (Å²) in [4.78, 5) is 5.49. The highest BCUT2D eigenvalue weighted by Crippen LogP contribution is 2.30. The van der Waals surface area contributed by atoms with E-state index in [2.05, 4.69) is 16.7 Å². The molecule has 0 aromatic carbocycles. The molecular weight excluding hydrogens is 260 g/mol. The molecule has 1 aliphatic heterocycles. The molecule has 1 unspecified atom stereocenters. The number of aliphatic hydroxyl groups is 1. The first-order valence-electron chi connectivity index (χ1n) is 9.40. The van der Waals surface area contributed by atoms with Crippen LogP contribution in [0.15, 0.2) is 0 Å². The van der Waals surface area contributed by atoms with Crippen molar-refractivity contribution < 1.29 is 5.11 Å². The van der Waals surface area contributed by atoms with Crippen molar-refractivity contribution in [3.8, 4) is 0 Å². The molecule has 122 valence electrons. The second-order valence-electron chi connectivity index (χ2n) is 7.67. The molecule has 3 nitrogen and oxygen atoms in total. The number of aliphatic hydroxyl groups excluding tert-OH is 1. The molecule has 3 heteroatoms. The van der Waals surface area contributed by atoms with Crippen molar-refractivity contribution >= 4 is 0 Å². The van der Waals surface area contributed by atoms with Crippen LogP contribution in [0.4, 0.5) is 0 Å². The third kappa shape index (κ3) is 4.00. The fourth-order valence-corrected chi connectivity index (χ4v) is 4.84. The van der Waals surface area contributed by atoms with Crippen molar-refractivity contribution in [2.24, 2.45) is 5.92 Å². The molecule has 0 aromatic heterocycles. The van der Waals surface area contributed by atoms with Gasteiger partial charge in [-0.2, -0.15) is 0 Å². The van der Waals surface area contributed by atoms with Crippen molar-refractivity contribution in [3.05, 3.63) is 0 Å². The SMILES string of the molecule is CC(C1CCC(O)CC1)N1CCN(C2CCCCC2)CC1. The first-order valence-corrected chi connectivity index (χ1v) is 9.40. The molecule has 3 fully saturated rings. The van der Waals surface area contributed by atoms with Gasteiger partial charge in [0.05, 0.1) is 6.10 Å². The Hall–Kier alpha value is -0.120. The quantitative estimate of drug-likeness (QED) is 0.867. The standard InChI is InChI=1S/C18H34N2O/c1-15(16-7-9-18(21)10-8-16)19-11-13-20(14-12-19)17-5-3-2-4-6-17/h15-18,21H,2-14H2,1H3. The Bertz CT molecular complexity index is 300. The maximum atomic E-state index is 9.68. The highest BCUT2D eigenvalue weighted by molar-refractivity contribution is 4.86. The van der Waals surface area contributed by atoms with Crippen LogP contribution in [0, 0.1) is 5.92 Å². The van der Waals surface area contributed by atoms with Crippen LogP contribution in [0.5, 0.6) is 0 Å². The van der Waals surface area contributed by atoms with E-state index in [0.717, 1.165) is 24.8 Å². The van der Waals surface area contributed by atoms with Crippen LogP contribution < -0.4 is 0 Å². The Morgan fingerprint density at radius 2 is 1.43 bits per heavy atom. The van der Waals surface area contributed by atoms with Crippen molar-refractivity contribution in [3.63, 3.8) is 0 Å². The van der Waals surface area contributed by atoms with E-state index in [1.165, 1.54) is 71.1 Å². The van der Waals surface area contributed by atoms with Crippen LogP contribution in [0.1, 0.15) is 64.7 Å². The van der Waals surface area contributed by atoms with Crippen LogP contribution in [0.3, 0.4) is 0 Å². The summed E-state index contributed by atoms with van der Waals surface area (Å²) in [6.07, 6.45) is 11.7. The Kier molecular flexibility index (Phi) is 5.58. The maximum absolute atomic E-state index is 9.68.